The first-order valence-electron chi connectivity index (χ1n) is 10.7. The van der Waals surface area contributed by atoms with E-state index in [-0.39, 0.29) is 26.1 Å². The summed E-state index contributed by atoms with van der Waals surface area (Å²) < 4.78 is 9.76. The van der Waals surface area contributed by atoms with E-state index in [1.165, 1.54) is 0 Å². The second-order valence-corrected chi connectivity index (χ2v) is 7.40. The number of nitrogens with two attached hydrogens (primary N) is 4. The Morgan fingerprint density at radius 3 is 1.84 bits per heavy atom. The maximum atomic E-state index is 12.3. The Labute approximate surface area is 187 Å². The molecule has 0 spiro atoms. The van der Waals surface area contributed by atoms with Crippen molar-refractivity contribution in [2.75, 3.05) is 26.3 Å². The van der Waals surface area contributed by atoms with Crippen LogP contribution in [-0.4, -0.2) is 73.6 Å². The molecule has 0 aromatic heterocycles. The molecule has 3 amide bonds. The van der Waals surface area contributed by atoms with Crippen LogP contribution in [0.5, 0.6) is 0 Å². The average Bonchev–Trinajstić information content (AvgIpc) is 2.73. The van der Waals surface area contributed by atoms with Crippen molar-refractivity contribution < 1.29 is 33.8 Å². The monoisotopic (exact) mass is 462 g/mol. The van der Waals surface area contributed by atoms with Crippen molar-refractivity contribution in [3.63, 3.8) is 0 Å². The molecule has 32 heavy (non-hydrogen) atoms. The summed E-state index contributed by atoms with van der Waals surface area (Å²) in [7, 11) is 0. The molecular weight excluding hydrogens is 424 g/mol. The van der Waals surface area contributed by atoms with Gasteiger partial charge in [-0.05, 0) is 45.2 Å². The van der Waals surface area contributed by atoms with Crippen LogP contribution >= 0.6 is 0 Å². The third kappa shape index (κ3) is 16.1. The number of nitrogens with one attached hydrogen (secondary N) is 2. The van der Waals surface area contributed by atoms with E-state index in [0.29, 0.717) is 45.2 Å². The maximum Gasteiger partial charge on any atom is 0.505 e. The van der Waals surface area contributed by atoms with E-state index in [4.69, 9.17) is 32.8 Å². The molecule has 0 aromatic carbocycles. The number of hydrogen-bond acceptors (Lipinski definition) is 9. The first kappa shape index (κ1) is 29.4. The Hall–Kier alpha value is -2.64. The molecular formula is C19H38N6O7. The van der Waals surface area contributed by atoms with E-state index in [9.17, 15) is 19.2 Å². The van der Waals surface area contributed by atoms with Gasteiger partial charge in [0.05, 0.1) is 18.1 Å². The summed E-state index contributed by atoms with van der Waals surface area (Å²) in [5.41, 5.74) is 21.8. The Balaban J connectivity index is 4.74. The molecule has 0 rings (SSSR count). The van der Waals surface area contributed by atoms with Gasteiger partial charge in [0.15, 0.2) is 0 Å². The van der Waals surface area contributed by atoms with Crippen molar-refractivity contribution in [1.82, 2.24) is 10.6 Å². The average molecular weight is 463 g/mol. The molecule has 186 valence electrons. The van der Waals surface area contributed by atoms with Gasteiger partial charge in [-0.1, -0.05) is 12.8 Å². The van der Waals surface area contributed by atoms with Crippen LogP contribution in [0.2, 0.25) is 0 Å². The molecule has 0 bridgehead atoms. The van der Waals surface area contributed by atoms with Crippen LogP contribution < -0.4 is 33.6 Å². The SMILES string of the molecule is NCCCC[C@@H](COC(=O)O)NC(=O)OC[C@@H](CCCCN)NC(=O)[C@H](N)CCC(N)=O. The highest BCUT2D eigenvalue weighted by Gasteiger charge is 2.21. The molecule has 13 nitrogen and oxygen atoms in total. The number of carbonyl (C=O) groups is 4. The lowest BCUT2D eigenvalue weighted by Crippen LogP contribution is -2.48. The third-order valence-corrected chi connectivity index (χ3v) is 4.54. The fraction of sp³-hybridized carbons (Fsp3) is 0.789. The first-order chi connectivity index (χ1) is 15.2. The second-order valence-electron chi connectivity index (χ2n) is 7.40. The predicted molar refractivity (Wildman–Crippen MR) is 116 cm³/mol. The smallest absolute Gasteiger partial charge is 0.450 e. The van der Waals surface area contributed by atoms with Gasteiger partial charge in [0.2, 0.25) is 11.8 Å². The highest BCUT2D eigenvalue weighted by molar-refractivity contribution is 5.83. The number of carbonyl (C=O) groups excluding carboxylic acids is 3. The van der Waals surface area contributed by atoms with Crippen LogP contribution in [-0.2, 0) is 19.1 Å². The van der Waals surface area contributed by atoms with Crippen molar-refractivity contribution in [3.05, 3.63) is 0 Å². The molecule has 0 aliphatic heterocycles. The van der Waals surface area contributed by atoms with Gasteiger partial charge >= 0.3 is 12.2 Å². The van der Waals surface area contributed by atoms with E-state index >= 15 is 0 Å². The van der Waals surface area contributed by atoms with E-state index in [2.05, 4.69) is 15.4 Å². The highest BCUT2D eigenvalue weighted by Crippen LogP contribution is 2.05. The Morgan fingerprint density at radius 1 is 0.812 bits per heavy atom. The zero-order valence-corrected chi connectivity index (χ0v) is 18.4. The summed E-state index contributed by atoms with van der Waals surface area (Å²) in [6.45, 7) is 0.608. The van der Waals surface area contributed by atoms with Crippen LogP contribution in [0.3, 0.4) is 0 Å². The van der Waals surface area contributed by atoms with E-state index < -0.39 is 42.2 Å². The zero-order chi connectivity index (χ0) is 24.4. The number of unbranched alkanes of at least 4 members (excludes halogenated alkanes) is 2. The van der Waals surface area contributed by atoms with Gasteiger partial charge < -0.3 is 48.1 Å². The molecule has 0 radical (unpaired) electrons. The molecule has 0 aromatic rings. The summed E-state index contributed by atoms with van der Waals surface area (Å²) in [5, 5.41) is 13.9. The molecule has 0 saturated heterocycles. The number of ether oxygens (including phenoxy) is 2. The van der Waals surface area contributed by atoms with Crippen LogP contribution in [0.1, 0.15) is 51.4 Å². The van der Waals surface area contributed by atoms with Crippen molar-refractivity contribution in [2.45, 2.75) is 69.5 Å². The minimum Gasteiger partial charge on any atom is -0.450 e. The maximum absolute atomic E-state index is 12.3. The van der Waals surface area contributed by atoms with Gasteiger partial charge in [0.1, 0.15) is 13.2 Å². The minimum atomic E-state index is -1.45. The number of hydrogen-bond donors (Lipinski definition) is 7. The number of carboxylic acid groups (broad SMARTS) is 1. The molecule has 11 N–H and O–H groups in total. The van der Waals surface area contributed by atoms with E-state index in [1.807, 2.05) is 0 Å². The fourth-order valence-electron chi connectivity index (χ4n) is 2.76. The molecule has 3 atom stereocenters. The first-order valence-corrected chi connectivity index (χ1v) is 10.7. The lowest BCUT2D eigenvalue weighted by atomic mass is 10.1. The highest BCUT2D eigenvalue weighted by atomic mass is 16.7. The van der Waals surface area contributed by atoms with Crippen molar-refractivity contribution in [1.29, 1.82) is 0 Å². The zero-order valence-electron chi connectivity index (χ0n) is 18.4. The van der Waals surface area contributed by atoms with Gasteiger partial charge in [-0.25, -0.2) is 9.59 Å². The van der Waals surface area contributed by atoms with E-state index in [0.717, 1.165) is 6.42 Å². The molecule has 0 saturated carbocycles. The number of rotatable bonds is 18. The van der Waals surface area contributed by atoms with Crippen LogP contribution in [0, 0.1) is 0 Å². The quantitative estimate of drug-likeness (QED) is 0.0979. The predicted octanol–water partition coefficient (Wildman–Crippen LogP) is -0.889. The molecule has 0 aliphatic rings. The Bertz CT molecular complexity index is 578. The Kier molecular flexibility index (Phi) is 16.5. The summed E-state index contributed by atoms with van der Waals surface area (Å²) in [6, 6.07) is -2.00. The van der Waals surface area contributed by atoms with Gasteiger partial charge in [0.25, 0.3) is 0 Å². The molecule has 0 heterocycles. The summed E-state index contributed by atoms with van der Waals surface area (Å²) in [6.07, 6.45) is 1.63. The summed E-state index contributed by atoms with van der Waals surface area (Å²) >= 11 is 0. The topological polar surface area (TPSA) is 235 Å². The van der Waals surface area contributed by atoms with Gasteiger partial charge in [0, 0.05) is 6.42 Å². The molecule has 13 heteroatoms. The van der Waals surface area contributed by atoms with Crippen molar-refractivity contribution in [2.24, 2.45) is 22.9 Å². The van der Waals surface area contributed by atoms with Gasteiger partial charge in [-0.15, -0.1) is 0 Å². The number of alkyl carbamates (subject to hydrolysis) is 1. The lowest BCUT2D eigenvalue weighted by Gasteiger charge is -2.22. The Morgan fingerprint density at radius 2 is 1.34 bits per heavy atom. The summed E-state index contributed by atoms with van der Waals surface area (Å²) in [5.74, 6) is -1.04. The van der Waals surface area contributed by atoms with Gasteiger partial charge in [-0.2, -0.15) is 0 Å². The van der Waals surface area contributed by atoms with Crippen LogP contribution in [0.15, 0.2) is 0 Å². The largest absolute Gasteiger partial charge is 0.505 e. The van der Waals surface area contributed by atoms with Crippen LogP contribution in [0.25, 0.3) is 0 Å². The number of amides is 3. The molecule has 0 aliphatic carbocycles. The van der Waals surface area contributed by atoms with Crippen molar-refractivity contribution in [3.8, 4) is 0 Å². The van der Waals surface area contributed by atoms with Crippen LogP contribution in [0.4, 0.5) is 9.59 Å². The second kappa shape index (κ2) is 18.0. The molecule has 0 fully saturated rings. The van der Waals surface area contributed by atoms with Gasteiger partial charge in [-0.3, -0.25) is 9.59 Å². The normalized spacial score (nSPS) is 13.5. The third-order valence-electron chi connectivity index (χ3n) is 4.54. The van der Waals surface area contributed by atoms with E-state index in [1.54, 1.807) is 0 Å². The standard InChI is InChI=1S/C19H38N6O7/c20-9-3-1-5-13(24-17(27)15(22)7-8-16(23)26)11-31-18(28)25-14(6-2-4-10-21)12-32-19(29)30/h13-15H,1-12,20-22H2,(H2,23,26)(H,24,27)(H,25,28)(H,29,30)/t13-,14+,15-/m1/s1. The van der Waals surface area contributed by atoms with Crippen molar-refractivity contribution >= 4 is 24.1 Å². The fourth-order valence-corrected chi connectivity index (χ4v) is 2.76. The molecule has 0 unspecified atom stereocenters. The number of primary amides is 1. The minimum absolute atomic E-state index is 0.0186. The summed E-state index contributed by atoms with van der Waals surface area (Å²) in [4.78, 5) is 46.0. The lowest BCUT2D eigenvalue weighted by molar-refractivity contribution is -0.124.